The van der Waals surface area contributed by atoms with Crippen molar-refractivity contribution in [2.45, 2.75) is 30.3 Å². The highest BCUT2D eigenvalue weighted by Crippen LogP contribution is 2.40. The van der Waals surface area contributed by atoms with Crippen LogP contribution in [0.5, 0.6) is 11.5 Å². The van der Waals surface area contributed by atoms with Crippen LogP contribution in [0.15, 0.2) is 29.3 Å². The van der Waals surface area contributed by atoms with E-state index in [4.69, 9.17) is 9.47 Å². The van der Waals surface area contributed by atoms with Crippen LogP contribution in [0.25, 0.3) is 11.3 Å². The first-order valence-electron chi connectivity index (χ1n) is 8.30. The number of fused-ring (bicyclic) bond motifs is 1. The zero-order chi connectivity index (χ0) is 20.5. The first-order valence-corrected chi connectivity index (χ1v) is 9.18. The molecule has 0 spiro atoms. The van der Waals surface area contributed by atoms with Crippen molar-refractivity contribution in [3.8, 4) is 28.8 Å². The van der Waals surface area contributed by atoms with E-state index >= 15 is 0 Å². The molecule has 1 atom stereocenters. The molecule has 0 radical (unpaired) electrons. The number of benzene rings is 1. The number of ketones is 1. The molecule has 2 heterocycles. The quantitative estimate of drug-likeness (QED) is 0.695. The summed E-state index contributed by atoms with van der Waals surface area (Å²) in [5.41, 5.74) is -1.27. The van der Waals surface area contributed by atoms with E-state index in [9.17, 15) is 23.2 Å². The Morgan fingerprint density at radius 3 is 2.54 bits per heavy atom. The number of halogens is 3. The van der Waals surface area contributed by atoms with E-state index in [1.54, 1.807) is 31.2 Å². The third-order valence-corrected chi connectivity index (χ3v) is 5.31. The molecule has 9 heteroatoms. The summed E-state index contributed by atoms with van der Waals surface area (Å²) < 4.78 is 51.6. The van der Waals surface area contributed by atoms with Gasteiger partial charge in [-0.2, -0.15) is 18.4 Å². The highest BCUT2D eigenvalue weighted by atomic mass is 32.2. The lowest BCUT2D eigenvalue weighted by atomic mass is 10.0. The molecular weight excluding hydrogens is 393 g/mol. The van der Waals surface area contributed by atoms with Gasteiger partial charge in [-0.25, -0.2) is 4.98 Å². The van der Waals surface area contributed by atoms with Crippen molar-refractivity contribution in [1.29, 1.82) is 5.26 Å². The molecule has 1 aromatic carbocycles. The van der Waals surface area contributed by atoms with Gasteiger partial charge in [0.1, 0.15) is 30.1 Å². The highest BCUT2D eigenvalue weighted by Gasteiger charge is 2.36. The fourth-order valence-corrected chi connectivity index (χ4v) is 3.46. The van der Waals surface area contributed by atoms with Crippen LogP contribution in [0.2, 0.25) is 0 Å². The number of hydrogen-bond acceptors (Lipinski definition) is 6. The number of Topliss-reactive ketones (excluding diaryl/α,β-unsaturated/α-hetero) is 1. The maximum absolute atomic E-state index is 13.6. The molecule has 0 fully saturated rings. The Kier molecular flexibility index (Phi) is 5.52. The highest BCUT2D eigenvalue weighted by molar-refractivity contribution is 8.00. The molecule has 3 rings (SSSR count). The summed E-state index contributed by atoms with van der Waals surface area (Å²) in [4.78, 5) is 15.8. The molecule has 0 saturated carbocycles. The van der Waals surface area contributed by atoms with Gasteiger partial charge in [0, 0.05) is 5.56 Å². The fourth-order valence-electron chi connectivity index (χ4n) is 2.54. The summed E-state index contributed by atoms with van der Waals surface area (Å²) in [6.45, 7) is 3.62. The molecule has 0 saturated heterocycles. The van der Waals surface area contributed by atoms with E-state index in [1.165, 1.54) is 6.92 Å². The zero-order valence-electron chi connectivity index (χ0n) is 15.0. The second-order valence-electron chi connectivity index (χ2n) is 6.07. The lowest BCUT2D eigenvalue weighted by Crippen LogP contribution is -2.15. The molecule has 0 unspecified atom stereocenters. The van der Waals surface area contributed by atoms with Crippen molar-refractivity contribution in [1.82, 2.24) is 4.98 Å². The number of carbonyl (C=O) groups is 1. The molecular formula is C19H15F3N2O3S. The lowest BCUT2D eigenvalue weighted by Gasteiger charge is -2.19. The number of nitrogens with zero attached hydrogens (tertiary/aromatic N) is 2. The average Bonchev–Trinajstić information content (AvgIpc) is 2.66. The van der Waals surface area contributed by atoms with Crippen LogP contribution in [-0.4, -0.2) is 29.2 Å². The third-order valence-electron chi connectivity index (χ3n) is 4.10. The predicted octanol–water partition coefficient (Wildman–Crippen LogP) is 4.48. The third kappa shape index (κ3) is 4.07. The van der Waals surface area contributed by atoms with Crippen LogP contribution in [0.3, 0.4) is 0 Å². The minimum absolute atomic E-state index is 0.0292. The largest absolute Gasteiger partial charge is 0.486 e. The topological polar surface area (TPSA) is 72.2 Å². The van der Waals surface area contributed by atoms with Gasteiger partial charge in [-0.15, -0.1) is 0 Å². The van der Waals surface area contributed by atoms with Crippen molar-refractivity contribution in [2.75, 3.05) is 13.2 Å². The number of rotatable bonds is 4. The van der Waals surface area contributed by atoms with Crippen LogP contribution in [0, 0.1) is 11.3 Å². The summed E-state index contributed by atoms with van der Waals surface area (Å²) >= 11 is 0.832. The number of alkyl halides is 3. The van der Waals surface area contributed by atoms with Gasteiger partial charge in [0.25, 0.3) is 0 Å². The Balaban J connectivity index is 2.16. The van der Waals surface area contributed by atoms with Crippen molar-refractivity contribution >= 4 is 17.5 Å². The standard InChI is InChI=1S/C19H15F3N2O3S/c1-10(25)11(2)28-18-13(9-23)14(19(20,21)22)8-15(24-18)12-3-4-16-17(7-12)27-6-5-26-16/h3-4,7-8,11H,5-6H2,1-2H3/t11-/m0/s1. The second-order valence-corrected chi connectivity index (χ2v) is 7.40. The van der Waals surface area contributed by atoms with Crippen molar-refractivity contribution in [3.63, 3.8) is 0 Å². The summed E-state index contributed by atoms with van der Waals surface area (Å²) in [7, 11) is 0. The maximum Gasteiger partial charge on any atom is 0.417 e. The Bertz CT molecular complexity index is 970. The molecule has 2 aromatic rings. The van der Waals surface area contributed by atoms with Crippen LogP contribution >= 0.6 is 11.8 Å². The average molecular weight is 408 g/mol. The van der Waals surface area contributed by atoms with Gasteiger partial charge in [-0.3, -0.25) is 4.79 Å². The van der Waals surface area contributed by atoms with Crippen molar-refractivity contribution < 1.29 is 27.4 Å². The number of aromatic nitrogens is 1. The molecule has 0 N–H and O–H groups in total. The minimum Gasteiger partial charge on any atom is -0.486 e. The van der Waals surface area contributed by atoms with E-state index in [2.05, 4.69) is 4.98 Å². The Hall–Kier alpha value is -2.73. The molecule has 28 heavy (non-hydrogen) atoms. The smallest absolute Gasteiger partial charge is 0.417 e. The Morgan fingerprint density at radius 1 is 1.25 bits per heavy atom. The molecule has 0 aliphatic carbocycles. The van der Waals surface area contributed by atoms with E-state index in [0.717, 1.165) is 17.8 Å². The fraction of sp³-hybridized carbons (Fsp3) is 0.316. The van der Waals surface area contributed by atoms with Crippen LogP contribution in [-0.2, 0) is 11.0 Å². The van der Waals surface area contributed by atoms with Crippen molar-refractivity contribution in [3.05, 3.63) is 35.4 Å². The molecule has 0 bridgehead atoms. The SMILES string of the molecule is CC(=O)[C@H](C)Sc1nc(-c2ccc3c(c2)OCCO3)cc(C(F)(F)F)c1C#N. The molecule has 1 aromatic heterocycles. The van der Waals surface area contributed by atoms with Crippen LogP contribution in [0.4, 0.5) is 13.2 Å². The van der Waals surface area contributed by atoms with Gasteiger partial charge < -0.3 is 9.47 Å². The molecule has 0 amide bonds. The summed E-state index contributed by atoms with van der Waals surface area (Å²) in [6, 6.07) is 7.15. The first kappa shape index (κ1) is 20.0. The van der Waals surface area contributed by atoms with E-state index < -0.39 is 22.6 Å². The number of pyridine rings is 1. The zero-order valence-corrected chi connectivity index (χ0v) is 15.8. The monoisotopic (exact) mass is 408 g/mol. The number of ether oxygens (including phenoxy) is 2. The van der Waals surface area contributed by atoms with Gasteiger partial charge >= 0.3 is 6.18 Å². The number of carbonyl (C=O) groups excluding carboxylic acids is 1. The molecule has 1 aliphatic rings. The molecule has 146 valence electrons. The van der Waals surface area contributed by atoms with Gasteiger partial charge in [0.05, 0.1) is 22.1 Å². The summed E-state index contributed by atoms with van der Waals surface area (Å²) in [5, 5.41) is 8.53. The van der Waals surface area contributed by atoms with Gasteiger partial charge in [-0.05, 0) is 38.1 Å². The Labute approximate surface area is 163 Å². The number of thioether (sulfide) groups is 1. The second kappa shape index (κ2) is 7.72. The molecule has 1 aliphatic heterocycles. The Morgan fingerprint density at radius 2 is 1.93 bits per heavy atom. The molecule has 5 nitrogen and oxygen atoms in total. The van der Waals surface area contributed by atoms with E-state index in [1.807, 2.05) is 0 Å². The van der Waals surface area contributed by atoms with E-state index in [0.29, 0.717) is 30.3 Å². The number of nitriles is 1. The summed E-state index contributed by atoms with van der Waals surface area (Å²) in [5.74, 6) is 0.684. The normalized spacial score (nSPS) is 14.3. The predicted molar refractivity (Wildman–Crippen MR) is 96.4 cm³/mol. The van der Waals surface area contributed by atoms with Gasteiger partial charge in [0.2, 0.25) is 0 Å². The van der Waals surface area contributed by atoms with Crippen LogP contribution in [0.1, 0.15) is 25.0 Å². The van der Waals surface area contributed by atoms with Gasteiger partial charge in [0.15, 0.2) is 11.5 Å². The number of hydrogen-bond donors (Lipinski definition) is 0. The summed E-state index contributed by atoms with van der Waals surface area (Å²) in [6.07, 6.45) is -4.74. The van der Waals surface area contributed by atoms with Crippen LogP contribution < -0.4 is 9.47 Å². The van der Waals surface area contributed by atoms with Gasteiger partial charge in [-0.1, -0.05) is 11.8 Å². The maximum atomic E-state index is 13.6. The van der Waals surface area contributed by atoms with Crippen molar-refractivity contribution in [2.24, 2.45) is 0 Å². The first-order chi connectivity index (χ1) is 13.2. The minimum atomic E-state index is -4.74. The lowest BCUT2D eigenvalue weighted by molar-refractivity contribution is -0.138. The van der Waals surface area contributed by atoms with E-state index in [-0.39, 0.29) is 16.5 Å².